The number of rotatable bonds is 2. The maximum Gasteiger partial charge on any atom is 0.209 e. The largest absolute Gasteiger partial charge is 0.437 e. The van der Waals surface area contributed by atoms with Gasteiger partial charge in [-0.2, -0.15) is 0 Å². The fourth-order valence-corrected chi connectivity index (χ4v) is 2.28. The van der Waals surface area contributed by atoms with Crippen LogP contribution in [0.25, 0.3) is 11.1 Å². The Hall–Kier alpha value is -1.59. The monoisotopic (exact) mass is 246 g/mol. The minimum absolute atomic E-state index is 0.657. The summed E-state index contributed by atoms with van der Waals surface area (Å²) < 4.78 is 5.74. The van der Waals surface area contributed by atoms with E-state index in [0.29, 0.717) is 11.3 Å². The van der Waals surface area contributed by atoms with Crippen LogP contribution in [0.3, 0.4) is 0 Å². The number of nitrogen functional groups attached to an aromatic ring is 1. The Morgan fingerprint density at radius 3 is 2.78 bits per heavy atom. The average molecular weight is 246 g/mol. The lowest BCUT2D eigenvalue weighted by molar-refractivity contribution is 0.139. The van der Waals surface area contributed by atoms with Gasteiger partial charge in [0, 0.05) is 26.2 Å². The third kappa shape index (κ3) is 2.19. The molecular formula is C13H18N4O. The van der Waals surface area contributed by atoms with E-state index >= 15 is 0 Å². The Morgan fingerprint density at radius 2 is 2.06 bits per heavy atom. The van der Waals surface area contributed by atoms with Crippen LogP contribution in [-0.2, 0) is 6.54 Å². The zero-order chi connectivity index (χ0) is 12.5. The first-order valence-electron chi connectivity index (χ1n) is 6.27. The molecule has 96 valence electrons. The van der Waals surface area contributed by atoms with Crippen molar-refractivity contribution < 1.29 is 4.42 Å². The molecule has 3 rings (SSSR count). The number of nitrogens with two attached hydrogens (primary N) is 1. The molecule has 0 bridgehead atoms. The number of hydrogen-bond donors (Lipinski definition) is 1. The van der Waals surface area contributed by atoms with Crippen LogP contribution in [0.1, 0.15) is 5.89 Å². The highest BCUT2D eigenvalue weighted by Crippen LogP contribution is 2.22. The second kappa shape index (κ2) is 4.59. The van der Waals surface area contributed by atoms with Crippen molar-refractivity contribution in [2.75, 3.05) is 39.0 Å². The number of anilines is 1. The summed E-state index contributed by atoms with van der Waals surface area (Å²) in [7, 11) is 2.15. The first kappa shape index (κ1) is 11.5. The van der Waals surface area contributed by atoms with Crippen molar-refractivity contribution in [3.63, 3.8) is 0 Å². The van der Waals surface area contributed by atoms with E-state index in [4.69, 9.17) is 10.2 Å². The quantitative estimate of drug-likeness (QED) is 0.806. The van der Waals surface area contributed by atoms with Crippen LogP contribution in [-0.4, -0.2) is 48.0 Å². The van der Waals surface area contributed by atoms with Crippen LogP contribution in [0.4, 0.5) is 5.69 Å². The summed E-state index contributed by atoms with van der Waals surface area (Å²) >= 11 is 0. The fourth-order valence-electron chi connectivity index (χ4n) is 2.28. The van der Waals surface area contributed by atoms with Gasteiger partial charge in [0.15, 0.2) is 5.58 Å². The SMILES string of the molecule is CN1CCN(Cc2nc3cccc(N)c3o2)CC1. The fraction of sp³-hybridized carbons (Fsp3) is 0.462. The van der Waals surface area contributed by atoms with E-state index in [2.05, 4.69) is 21.8 Å². The predicted molar refractivity (Wildman–Crippen MR) is 71.2 cm³/mol. The first-order valence-corrected chi connectivity index (χ1v) is 6.27. The van der Waals surface area contributed by atoms with Gasteiger partial charge in [-0.1, -0.05) is 6.07 Å². The van der Waals surface area contributed by atoms with Crippen LogP contribution in [0.15, 0.2) is 22.6 Å². The summed E-state index contributed by atoms with van der Waals surface area (Å²) in [6.07, 6.45) is 0. The van der Waals surface area contributed by atoms with Crippen molar-refractivity contribution >= 4 is 16.8 Å². The van der Waals surface area contributed by atoms with Gasteiger partial charge < -0.3 is 15.1 Å². The van der Waals surface area contributed by atoms with E-state index < -0.39 is 0 Å². The molecule has 1 saturated heterocycles. The Kier molecular flexibility index (Phi) is 2.93. The highest BCUT2D eigenvalue weighted by atomic mass is 16.3. The molecule has 1 aliphatic rings. The van der Waals surface area contributed by atoms with Crippen molar-refractivity contribution in [3.8, 4) is 0 Å². The standard InChI is InChI=1S/C13H18N4O/c1-16-5-7-17(8-6-16)9-12-15-11-4-2-3-10(14)13(11)18-12/h2-4H,5-9,14H2,1H3. The van der Waals surface area contributed by atoms with Crippen LogP contribution >= 0.6 is 0 Å². The summed E-state index contributed by atoms with van der Waals surface area (Å²) in [5.74, 6) is 0.757. The lowest BCUT2D eigenvalue weighted by Crippen LogP contribution is -2.43. The Morgan fingerprint density at radius 1 is 1.28 bits per heavy atom. The smallest absolute Gasteiger partial charge is 0.209 e. The molecule has 1 aromatic carbocycles. The number of piperazine rings is 1. The Balaban J connectivity index is 1.77. The van der Waals surface area contributed by atoms with Gasteiger partial charge >= 0.3 is 0 Å². The highest BCUT2D eigenvalue weighted by Gasteiger charge is 2.17. The second-order valence-corrected chi connectivity index (χ2v) is 4.88. The predicted octanol–water partition coefficient (Wildman–Crippen LogP) is 1.16. The lowest BCUT2D eigenvalue weighted by Gasteiger charge is -2.31. The minimum atomic E-state index is 0.657. The molecule has 0 unspecified atom stereocenters. The second-order valence-electron chi connectivity index (χ2n) is 4.88. The van der Waals surface area contributed by atoms with Gasteiger partial charge in [0.2, 0.25) is 5.89 Å². The van der Waals surface area contributed by atoms with Crippen molar-refractivity contribution in [1.82, 2.24) is 14.8 Å². The molecule has 0 aliphatic carbocycles. The number of fused-ring (bicyclic) bond motifs is 1. The molecule has 2 N–H and O–H groups in total. The van der Waals surface area contributed by atoms with Crippen molar-refractivity contribution in [3.05, 3.63) is 24.1 Å². The molecule has 2 heterocycles. The molecule has 0 spiro atoms. The number of hydrogen-bond acceptors (Lipinski definition) is 5. The maximum absolute atomic E-state index is 5.87. The van der Waals surface area contributed by atoms with Crippen LogP contribution in [0.2, 0.25) is 0 Å². The Bertz CT molecular complexity index is 543. The summed E-state index contributed by atoms with van der Waals surface area (Å²) in [6.45, 7) is 5.09. The molecule has 1 aliphatic heterocycles. The number of aromatic nitrogens is 1. The van der Waals surface area contributed by atoms with E-state index in [1.54, 1.807) is 0 Å². The van der Waals surface area contributed by atoms with E-state index in [0.717, 1.165) is 44.1 Å². The van der Waals surface area contributed by atoms with E-state index in [9.17, 15) is 0 Å². The number of nitrogens with zero attached hydrogens (tertiary/aromatic N) is 3. The molecule has 5 heteroatoms. The Labute approximate surface area is 106 Å². The molecule has 0 saturated carbocycles. The number of oxazole rings is 1. The maximum atomic E-state index is 5.87. The third-order valence-electron chi connectivity index (χ3n) is 3.44. The van der Waals surface area contributed by atoms with Crippen LogP contribution in [0.5, 0.6) is 0 Å². The summed E-state index contributed by atoms with van der Waals surface area (Å²) in [5.41, 5.74) is 8.08. The topological polar surface area (TPSA) is 58.5 Å². The molecule has 5 nitrogen and oxygen atoms in total. The van der Waals surface area contributed by atoms with Crippen molar-refractivity contribution in [1.29, 1.82) is 0 Å². The number of benzene rings is 1. The zero-order valence-electron chi connectivity index (χ0n) is 10.6. The van der Waals surface area contributed by atoms with Gasteiger partial charge in [0.1, 0.15) is 5.52 Å². The molecular weight excluding hydrogens is 228 g/mol. The van der Waals surface area contributed by atoms with Gasteiger partial charge in [0.05, 0.1) is 12.2 Å². The van der Waals surface area contributed by atoms with Gasteiger partial charge in [-0.05, 0) is 19.2 Å². The normalized spacial score (nSPS) is 18.5. The molecule has 0 atom stereocenters. The van der Waals surface area contributed by atoms with Gasteiger partial charge in [-0.25, -0.2) is 4.98 Å². The highest BCUT2D eigenvalue weighted by molar-refractivity contribution is 5.84. The first-order chi connectivity index (χ1) is 8.72. The molecule has 18 heavy (non-hydrogen) atoms. The summed E-state index contributed by atoms with van der Waals surface area (Å²) in [5, 5.41) is 0. The molecule has 1 aromatic heterocycles. The molecule has 2 aromatic rings. The number of likely N-dealkylation sites (N-methyl/N-ethyl adjacent to an activating group) is 1. The van der Waals surface area contributed by atoms with Gasteiger partial charge in [-0.15, -0.1) is 0 Å². The molecule has 0 amide bonds. The van der Waals surface area contributed by atoms with E-state index in [1.807, 2.05) is 18.2 Å². The molecule has 0 radical (unpaired) electrons. The van der Waals surface area contributed by atoms with Gasteiger partial charge in [-0.3, -0.25) is 4.90 Å². The van der Waals surface area contributed by atoms with Crippen molar-refractivity contribution in [2.24, 2.45) is 0 Å². The van der Waals surface area contributed by atoms with E-state index in [1.165, 1.54) is 0 Å². The molecule has 1 fully saturated rings. The lowest BCUT2D eigenvalue weighted by atomic mass is 10.3. The average Bonchev–Trinajstić information content (AvgIpc) is 2.76. The van der Waals surface area contributed by atoms with Crippen LogP contribution < -0.4 is 5.73 Å². The van der Waals surface area contributed by atoms with Crippen LogP contribution in [0, 0.1) is 0 Å². The summed E-state index contributed by atoms with van der Waals surface area (Å²) in [6, 6.07) is 5.68. The minimum Gasteiger partial charge on any atom is -0.437 e. The summed E-state index contributed by atoms with van der Waals surface area (Å²) in [4.78, 5) is 9.18. The number of para-hydroxylation sites is 1. The third-order valence-corrected chi connectivity index (χ3v) is 3.44. The van der Waals surface area contributed by atoms with E-state index in [-0.39, 0.29) is 0 Å². The van der Waals surface area contributed by atoms with Gasteiger partial charge in [0.25, 0.3) is 0 Å². The zero-order valence-corrected chi connectivity index (χ0v) is 10.6. The van der Waals surface area contributed by atoms with Crippen molar-refractivity contribution in [2.45, 2.75) is 6.54 Å².